The number of likely N-dealkylation sites (tertiary alicyclic amines) is 2. The molecule has 25 heavy (non-hydrogen) atoms. The summed E-state index contributed by atoms with van der Waals surface area (Å²) in [4.78, 5) is 41.0. The van der Waals surface area contributed by atoms with Gasteiger partial charge in [-0.05, 0) is 19.8 Å². The molecular formula is C18H24N4O3. The van der Waals surface area contributed by atoms with E-state index >= 15 is 0 Å². The Morgan fingerprint density at radius 1 is 1.12 bits per heavy atom. The van der Waals surface area contributed by atoms with E-state index in [2.05, 4.69) is 24.0 Å². The standard InChI is InChI=1S/C18H24N4O3/c1-11-6-13(23)14(20-19-11)16(25)22-9-17(2)7-21(8-18(17,3)10-22)15(24)12-4-5-12/h6,12H,4-5,7-10H2,1-3H3,(H,19,23)/t17-,18+. The Bertz CT molecular complexity index is 795. The number of carbonyl (C=O) groups excluding carboxylic acids is 2. The first-order chi connectivity index (χ1) is 11.7. The van der Waals surface area contributed by atoms with Gasteiger partial charge in [0.05, 0.1) is 0 Å². The van der Waals surface area contributed by atoms with Gasteiger partial charge < -0.3 is 9.80 Å². The molecule has 1 saturated carbocycles. The van der Waals surface area contributed by atoms with E-state index in [9.17, 15) is 14.4 Å². The van der Waals surface area contributed by atoms with Crippen LogP contribution in [0.3, 0.4) is 0 Å². The summed E-state index contributed by atoms with van der Waals surface area (Å²) in [6, 6.07) is 1.40. The quantitative estimate of drug-likeness (QED) is 0.860. The summed E-state index contributed by atoms with van der Waals surface area (Å²) in [5.41, 5.74) is -0.0640. The molecule has 3 heterocycles. The van der Waals surface area contributed by atoms with Crippen molar-refractivity contribution in [3.05, 3.63) is 27.7 Å². The summed E-state index contributed by atoms with van der Waals surface area (Å²) in [7, 11) is 0. The van der Waals surface area contributed by atoms with E-state index in [1.165, 1.54) is 6.07 Å². The van der Waals surface area contributed by atoms with Crippen LogP contribution in [0, 0.1) is 23.7 Å². The molecule has 1 N–H and O–H groups in total. The molecule has 0 bridgehead atoms. The normalized spacial score (nSPS) is 31.3. The van der Waals surface area contributed by atoms with Gasteiger partial charge in [0.2, 0.25) is 11.3 Å². The molecule has 2 saturated heterocycles. The lowest BCUT2D eigenvalue weighted by atomic mass is 9.71. The Labute approximate surface area is 146 Å². The van der Waals surface area contributed by atoms with Crippen LogP contribution in [0.4, 0.5) is 0 Å². The van der Waals surface area contributed by atoms with E-state index in [4.69, 9.17) is 0 Å². The van der Waals surface area contributed by atoms with Crippen molar-refractivity contribution in [2.24, 2.45) is 16.7 Å². The van der Waals surface area contributed by atoms with Crippen molar-refractivity contribution in [3.8, 4) is 0 Å². The maximum absolute atomic E-state index is 12.8. The van der Waals surface area contributed by atoms with Gasteiger partial charge in [-0.3, -0.25) is 19.5 Å². The van der Waals surface area contributed by atoms with Crippen LogP contribution in [-0.2, 0) is 4.79 Å². The van der Waals surface area contributed by atoms with Crippen molar-refractivity contribution < 1.29 is 9.59 Å². The lowest BCUT2D eigenvalue weighted by Gasteiger charge is -2.29. The highest BCUT2D eigenvalue weighted by atomic mass is 16.2. The second-order valence-corrected chi connectivity index (χ2v) is 8.51. The predicted octanol–water partition coefficient (Wildman–Crippen LogP) is 0.799. The highest BCUT2D eigenvalue weighted by molar-refractivity contribution is 5.92. The Morgan fingerprint density at radius 3 is 2.20 bits per heavy atom. The first-order valence-electron chi connectivity index (χ1n) is 8.87. The van der Waals surface area contributed by atoms with Crippen molar-refractivity contribution in [1.82, 2.24) is 20.0 Å². The van der Waals surface area contributed by atoms with Crippen molar-refractivity contribution >= 4 is 11.8 Å². The number of carbonyl (C=O) groups is 2. The fourth-order valence-electron chi connectivity index (χ4n) is 4.35. The number of H-pyrrole nitrogens is 1. The van der Waals surface area contributed by atoms with E-state index in [0.717, 1.165) is 12.8 Å². The van der Waals surface area contributed by atoms with E-state index in [-0.39, 0.29) is 39.7 Å². The third-order valence-electron chi connectivity index (χ3n) is 6.27. The molecule has 3 aliphatic rings. The number of nitrogens with zero attached hydrogens (tertiary/aromatic N) is 3. The molecular weight excluding hydrogens is 320 g/mol. The molecule has 4 rings (SSSR count). The molecule has 1 aromatic rings. The van der Waals surface area contributed by atoms with Crippen LogP contribution in [0.15, 0.2) is 10.9 Å². The number of aromatic amines is 1. The van der Waals surface area contributed by atoms with Gasteiger partial charge >= 0.3 is 0 Å². The van der Waals surface area contributed by atoms with Gasteiger partial charge in [0, 0.05) is 54.7 Å². The molecule has 2 aliphatic heterocycles. The number of rotatable bonds is 2. The minimum atomic E-state index is -0.348. The molecule has 2 atom stereocenters. The third kappa shape index (κ3) is 2.48. The van der Waals surface area contributed by atoms with Crippen molar-refractivity contribution in [2.45, 2.75) is 33.6 Å². The Kier molecular flexibility index (Phi) is 3.36. The average molecular weight is 344 g/mol. The lowest BCUT2D eigenvalue weighted by Crippen LogP contribution is -2.40. The zero-order valence-corrected chi connectivity index (χ0v) is 15.0. The largest absolute Gasteiger partial charge is 0.341 e. The zero-order chi connectivity index (χ0) is 18.0. The van der Waals surface area contributed by atoms with Gasteiger partial charge in [0.25, 0.3) is 5.91 Å². The molecule has 0 spiro atoms. The number of fused-ring (bicyclic) bond motifs is 1. The fourth-order valence-corrected chi connectivity index (χ4v) is 4.35. The van der Waals surface area contributed by atoms with Gasteiger partial charge in [-0.1, -0.05) is 13.8 Å². The summed E-state index contributed by atoms with van der Waals surface area (Å²) in [5, 5.41) is 6.65. The molecule has 0 unspecified atom stereocenters. The van der Waals surface area contributed by atoms with Gasteiger partial charge in [-0.15, -0.1) is 0 Å². The van der Waals surface area contributed by atoms with Crippen molar-refractivity contribution in [2.75, 3.05) is 26.2 Å². The average Bonchev–Trinajstić information content (AvgIpc) is 3.28. The predicted molar refractivity (Wildman–Crippen MR) is 91.0 cm³/mol. The van der Waals surface area contributed by atoms with E-state index in [0.29, 0.717) is 31.9 Å². The van der Waals surface area contributed by atoms with Crippen LogP contribution in [-0.4, -0.2) is 58.0 Å². The molecule has 0 aromatic carbocycles. The number of aryl methyl sites for hydroxylation is 1. The summed E-state index contributed by atoms with van der Waals surface area (Å²) < 4.78 is 0. The zero-order valence-electron chi connectivity index (χ0n) is 15.0. The minimum Gasteiger partial charge on any atom is -0.341 e. The number of hydrogen-bond acceptors (Lipinski definition) is 4. The highest BCUT2D eigenvalue weighted by Gasteiger charge is 2.60. The Balaban J connectivity index is 1.54. The van der Waals surface area contributed by atoms with E-state index in [1.54, 1.807) is 11.8 Å². The maximum atomic E-state index is 12.8. The van der Waals surface area contributed by atoms with Crippen LogP contribution < -0.4 is 5.43 Å². The first kappa shape index (κ1) is 16.3. The van der Waals surface area contributed by atoms with Gasteiger partial charge in [0.1, 0.15) is 0 Å². The molecule has 7 heteroatoms. The number of amides is 2. The monoisotopic (exact) mass is 344 g/mol. The van der Waals surface area contributed by atoms with Crippen LogP contribution in [0.2, 0.25) is 0 Å². The summed E-state index contributed by atoms with van der Waals surface area (Å²) >= 11 is 0. The second-order valence-electron chi connectivity index (χ2n) is 8.51. The summed E-state index contributed by atoms with van der Waals surface area (Å²) in [5.74, 6) is 0.170. The second kappa shape index (κ2) is 5.16. The van der Waals surface area contributed by atoms with Gasteiger partial charge in [0.15, 0.2) is 5.69 Å². The van der Waals surface area contributed by atoms with Gasteiger partial charge in [-0.2, -0.15) is 5.10 Å². The molecule has 1 aromatic heterocycles. The smallest absolute Gasteiger partial charge is 0.278 e. The number of aromatic nitrogens is 2. The Morgan fingerprint density at radius 2 is 1.68 bits per heavy atom. The van der Waals surface area contributed by atoms with Crippen molar-refractivity contribution in [1.29, 1.82) is 0 Å². The van der Waals surface area contributed by atoms with Crippen LogP contribution in [0.5, 0.6) is 0 Å². The molecule has 0 radical (unpaired) electrons. The summed E-state index contributed by atoms with van der Waals surface area (Å²) in [6.07, 6.45) is 2.02. The minimum absolute atomic E-state index is 0.0521. The first-order valence-corrected chi connectivity index (χ1v) is 8.87. The van der Waals surface area contributed by atoms with Gasteiger partial charge in [-0.25, -0.2) is 0 Å². The van der Waals surface area contributed by atoms with E-state index in [1.807, 2.05) is 4.90 Å². The molecule has 134 valence electrons. The van der Waals surface area contributed by atoms with Crippen LogP contribution in [0.25, 0.3) is 0 Å². The third-order valence-corrected chi connectivity index (χ3v) is 6.27. The maximum Gasteiger partial charge on any atom is 0.278 e. The van der Waals surface area contributed by atoms with E-state index < -0.39 is 0 Å². The molecule has 1 aliphatic carbocycles. The number of nitrogens with one attached hydrogen (secondary N) is 1. The number of hydrogen-bond donors (Lipinski definition) is 1. The van der Waals surface area contributed by atoms with Crippen LogP contribution >= 0.6 is 0 Å². The van der Waals surface area contributed by atoms with Crippen LogP contribution in [0.1, 0.15) is 42.9 Å². The van der Waals surface area contributed by atoms with Crippen molar-refractivity contribution in [3.63, 3.8) is 0 Å². The summed E-state index contributed by atoms with van der Waals surface area (Å²) in [6.45, 7) is 8.48. The molecule has 7 nitrogen and oxygen atoms in total. The fraction of sp³-hybridized carbons (Fsp3) is 0.667. The lowest BCUT2D eigenvalue weighted by molar-refractivity contribution is -0.132. The SMILES string of the molecule is Cc1cc(=O)c(C(=O)N2C[C@@]3(C)CN(C(=O)C4CC4)C[C@@]3(C)C2)n[nH]1. The highest BCUT2D eigenvalue weighted by Crippen LogP contribution is 2.52. The Hall–Kier alpha value is -2.18. The topological polar surface area (TPSA) is 86.4 Å². The molecule has 2 amide bonds. The molecule has 3 fully saturated rings.